The van der Waals surface area contributed by atoms with E-state index in [1.54, 1.807) is 7.11 Å². The van der Waals surface area contributed by atoms with Crippen molar-refractivity contribution in [2.24, 2.45) is 0 Å². The van der Waals surface area contributed by atoms with Crippen molar-refractivity contribution in [2.75, 3.05) is 26.7 Å². The molecule has 1 unspecified atom stereocenters. The molecule has 0 spiro atoms. The molecule has 0 aromatic heterocycles. The molecular weight excluding hydrogens is 214 g/mol. The Morgan fingerprint density at radius 1 is 1.41 bits per heavy atom. The Balaban J connectivity index is 2.20. The van der Waals surface area contributed by atoms with Gasteiger partial charge in [0.15, 0.2) is 0 Å². The Morgan fingerprint density at radius 3 is 2.53 bits per heavy atom. The predicted octanol–water partition coefficient (Wildman–Crippen LogP) is 1.38. The fraction of sp³-hybridized carbons (Fsp3) is 0.923. The summed E-state index contributed by atoms with van der Waals surface area (Å²) in [5, 5.41) is 12.3. The zero-order valence-corrected chi connectivity index (χ0v) is 11.3. The van der Waals surface area contributed by atoms with Crippen LogP contribution in [-0.4, -0.2) is 49.8 Å². The monoisotopic (exact) mass is 239 g/mol. The van der Waals surface area contributed by atoms with Crippen LogP contribution >= 0.6 is 0 Å². The summed E-state index contributed by atoms with van der Waals surface area (Å²) in [5.41, 5.74) is 0. The van der Waals surface area contributed by atoms with Gasteiger partial charge in [0, 0.05) is 32.8 Å². The normalized spacial score (nSPS) is 20.4. The smallest absolute Gasteiger partial charge is 0.0967 e. The van der Waals surface area contributed by atoms with Crippen LogP contribution in [0.2, 0.25) is 0 Å². The van der Waals surface area contributed by atoms with Crippen molar-refractivity contribution in [3.05, 3.63) is 0 Å². The Morgan fingerprint density at radius 2 is 2.06 bits per heavy atom. The summed E-state index contributed by atoms with van der Waals surface area (Å²) in [6.45, 7) is 7.36. The van der Waals surface area contributed by atoms with E-state index in [1.807, 2.05) is 0 Å². The van der Waals surface area contributed by atoms with Crippen molar-refractivity contribution < 1.29 is 4.74 Å². The van der Waals surface area contributed by atoms with Gasteiger partial charge >= 0.3 is 0 Å². The van der Waals surface area contributed by atoms with Gasteiger partial charge in [-0.1, -0.05) is 0 Å². The molecule has 0 aliphatic carbocycles. The van der Waals surface area contributed by atoms with Gasteiger partial charge in [-0.15, -0.1) is 0 Å². The summed E-state index contributed by atoms with van der Waals surface area (Å²) >= 11 is 0. The van der Waals surface area contributed by atoms with Gasteiger partial charge in [0.05, 0.1) is 18.2 Å². The molecule has 1 fully saturated rings. The topological polar surface area (TPSA) is 48.3 Å². The number of nitriles is 1. The molecule has 0 aromatic rings. The highest BCUT2D eigenvalue weighted by molar-refractivity contribution is 4.91. The van der Waals surface area contributed by atoms with Crippen LogP contribution in [0.4, 0.5) is 0 Å². The lowest BCUT2D eigenvalue weighted by Crippen LogP contribution is -2.41. The summed E-state index contributed by atoms with van der Waals surface area (Å²) in [5.74, 6) is 0. The fourth-order valence-electron chi connectivity index (χ4n) is 2.27. The number of rotatable bonds is 6. The van der Waals surface area contributed by atoms with Gasteiger partial charge in [-0.05, 0) is 33.1 Å². The Hall–Kier alpha value is -0.630. The van der Waals surface area contributed by atoms with Crippen LogP contribution in [0.15, 0.2) is 0 Å². The molecule has 17 heavy (non-hydrogen) atoms. The van der Waals surface area contributed by atoms with E-state index in [2.05, 4.69) is 30.1 Å². The highest BCUT2D eigenvalue weighted by atomic mass is 16.5. The van der Waals surface area contributed by atoms with Crippen molar-refractivity contribution >= 4 is 0 Å². The molecule has 4 heteroatoms. The zero-order chi connectivity index (χ0) is 12.7. The van der Waals surface area contributed by atoms with Crippen molar-refractivity contribution in [3.63, 3.8) is 0 Å². The van der Waals surface area contributed by atoms with Crippen molar-refractivity contribution in [2.45, 2.75) is 51.3 Å². The lowest BCUT2D eigenvalue weighted by molar-refractivity contribution is 0.0404. The number of ether oxygens (including phenoxy) is 1. The first-order chi connectivity index (χ1) is 8.15. The van der Waals surface area contributed by atoms with E-state index < -0.39 is 0 Å². The van der Waals surface area contributed by atoms with E-state index in [9.17, 15) is 0 Å². The molecule has 0 saturated carbocycles. The minimum atomic E-state index is -0.0184. The standard InChI is InChI=1S/C13H25N3O/c1-11(2)15-12(10-14)4-7-16-8-5-13(17-3)6-9-16/h11-13,15H,4-9H2,1-3H3. The van der Waals surface area contributed by atoms with E-state index >= 15 is 0 Å². The number of hydrogen-bond donors (Lipinski definition) is 1. The first-order valence-corrected chi connectivity index (χ1v) is 6.56. The molecule has 1 rings (SSSR count). The highest BCUT2D eigenvalue weighted by Crippen LogP contribution is 2.13. The molecular formula is C13H25N3O. The number of nitrogens with zero attached hydrogens (tertiary/aromatic N) is 2. The van der Waals surface area contributed by atoms with Gasteiger partial charge in [0.25, 0.3) is 0 Å². The predicted molar refractivity (Wildman–Crippen MR) is 68.8 cm³/mol. The number of piperidine rings is 1. The van der Waals surface area contributed by atoms with Crippen molar-refractivity contribution in [1.29, 1.82) is 5.26 Å². The zero-order valence-electron chi connectivity index (χ0n) is 11.3. The second kappa shape index (κ2) is 7.65. The minimum Gasteiger partial charge on any atom is -0.381 e. The van der Waals surface area contributed by atoms with E-state index in [1.165, 1.54) is 0 Å². The molecule has 98 valence electrons. The van der Waals surface area contributed by atoms with E-state index in [-0.39, 0.29) is 6.04 Å². The number of nitrogens with one attached hydrogen (secondary N) is 1. The molecule has 0 amide bonds. The van der Waals surface area contributed by atoms with E-state index in [4.69, 9.17) is 10.00 Å². The van der Waals surface area contributed by atoms with Gasteiger partial charge < -0.3 is 9.64 Å². The third-order valence-corrected chi connectivity index (χ3v) is 3.29. The second-order valence-corrected chi connectivity index (χ2v) is 5.07. The Kier molecular flexibility index (Phi) is 6.49. The summed E-state index contributed by atoms with van der Waals surface area (Å²) in [4.78, 5) is 2.43. The van der Waals surface area contributed by atoms with Crippen LogP contribution in [0.3, 0.4) is 0 Å². The largest absolute Gasteiger partial charge is 0.381 e. The van der Waals surface area contributed by atoms with E-state index in [0.29, 0.717) is 12.1 Å². The van der Waals surface area contributed by atoms with Gasteiger partial charge in [-0.2, -0.15) is 5.26 Å². The average molecular weight is 239 g/mol. The van der Waals surface area contributed by atoms with E-state index in [0.717, 1.165) is 38.9 Å². The van der Waals surface area contributed by atoms with Crippen LogP contribution in [0.25, 0.3) is 0 Å². The number of likely N-dealkylation sites (tertiary alicyclic amines) is 1. The molecule has 1 aliphatic rings. The molecule has 1 atom stereocenters. The molecule has 1 heterocycles. The molecule has 1 N–H and O–H groups in total. The molecule has 1 saturated heterocycles. The lowest BCUT2D eigenvalue weighted by Gasteiger charge is -2.31. The number of methoxy groups -OCH3 is 1. The fourth-order valence-corrected chi connectivity index (χ4v) is 2.27. The quantitative estimate of drug-likeness (QED) is 0.760. The molecule has 4 nitrogen and oxygen atoms in total. The van der Waals surface area contributed by atoms with Crippen molar-refractivity contribution in [1.82, 2.24) is 10.2 Å². The first kappa shape index (κ1) is 14.4. The Bertz CT molecular complexity index is 242. The minimum absolute atomic E-state index is 0.0184. The van der Waals surface area contributed by atoms with Gasteiger partial charge in [0.1, 0.15) is 0 Å². The molecule has 0 bridgehead atoms. The lowest BCUT2D eigenvalue weighted by atomic mass is 10.1. The maximum atomic E-state index is 9.03. The number of hydrogen-bond acceptors (Lipinski definition) is 4. The molecule has 0 radical (unpaired) electrons. The summed E-state index contributed by atoms with van der Waals surface area (Å²) in [6, 6.07) is 2.69. The van der Waals surface area contributed by atoms with Crippen LogP contribution in [0.1, 0.15) is 33.1 Å². The van der Waals surface area contributed by atoms with Crippen molar-refractivity contribution in [3.8, 4) is 6.07 Å². The summed E-state index contributed by atoms with van der Waals surface area (Å²) < 4.78 is 5.35. The molecule has 0 aromatic carbocycles. The van der Waals surface area contributed by atoms with Gasteiger partial charge in [0.2, 0.25) is 0 Å². The summed E-state index contributed by atoms with van der Waals surface area (Å²) in [6.07, 6.45) is 3.58. The van der Waals surface area contributed by atoms with Crippen LogP contribution in [0.5, 0.6) is 0 Å². The third kappa shape index (κ3) is 5.49. The third-order valence-electron chi connectivity index (χ3n) is 3.29. The maximum absolute atomic E-state index is 9.03. The maximum Gasteiger partial charge on any atom is 0.0967 e. The van der Waals surface area contributed by atoms with Crippen LogP contribution in [-0.2, 0) is 4.74 Å². The first-order valence-electron chi connectivity index (χ1n) is 6.56. The summed E-state index contributed by atoms with van der Waals surface area (Å²) in [7, 11) is 1.79. The highest BCUT2D eigenvalue weighted by Gasteiger charge is 2.19. The average Bonchev–Trinajstić information content (AvgIpc) is 2.34. The van der Waals surface area contributed by atoms with Gasteiger partial charge in [-0.3, -0.25) is 5.32 Å². The Labute approximate surface area is 105 Å². The molecule has 1 aliphatic heterocycles. The van der Waals surface area contributed by atoms with Crippen LogP contribution < -0.4 is 5.32 Å². The second-order valence-electron chi connectivity index (χ2n) is 5.07. The van der Waals surface area contributed by atoms with Gasteiger partial charge in [-0.25, -0.2) is 0 Å². The SMILES string of the molecule is COC1CCN(CCC(C#N)NC(C)C)CC1. The van der Waals surface area contributed by atoms with Crippen LogP contribution in [0, 0.1) is 11.3 Å².